The Bertz CT molecular complexity index is 841. The minimum absolute atomic E-state index is 0.143. The van der Waals surface area contributed by atoms with Crippen LogP contribution in [0.5, 0.6) is 0 Å². The van der Waals surface area contributed by atoms with Crippen LogP contribution in [0.2, 0.25) is 0 Å². The van der Waals surface area contributed by atoms with Crippen LogP contribution in [0.15, 0.2) is 15.5 Å². The van der Waals surface area contributed by atoms with E-state index in [0.717, 1.165) is 0 Å². The molecule has 130 valence electrons. The first-order valence-corrected chi connectivity index (χ1v) is 9.94. The number of rotatable bonds is 7. The highest BCUT2D eigenvalue weighted by Gasteiger charge is 2.32. The van der Waals surface area contributed by atoms with Gasteiger partial charge in [0.15, 0.2) is 5.76 Å². The predicted octanol–water partition coefficient (Wildman–Crippen LogP) is 2.22. The molecule has 0 aliphatic heterocycles. The number of nitrogens with zero attached hydrogens (tertiary/aromatic N) is 3. The Kier molecular flexibility index (Phi) is 3.76. The fourth-order valence-corrected chi connectivity index (χ4v) is 4.48. The van der Waals surface area contributed by atoms with E-state index in [1.807, 2.05) is 4.68 Å². The first-order chi connectivity index (χ1) is 11.5. The van der Waals surface area contributed by atoms with Crippen molar-refractivity contribution in [2.75, 3.05) is 6.54 Å². The Labute approximate surface area is 141 Å². The Hall–Kier alpha value is -1.67. The van der Waals surface area contributed by atoms with Crippen molar-refractivity contribution in [3.63, 3.8) is 0 Å². The van der Waals surface area contributed by atoms with Crippen LogP contribution >= 0.6 is 0 Å². The molecule has 0 amide bonds. The standard InChI is InChI=1S/C16H22N4O3S/c1-10-16(11(2)23-19-10)24(21,22)17-7-8-20-15(13-5-6-13)9-14(18-20)12-3-4-12/h9,12-13,17H,3-8H2,1-2H3. The van der Waals surface area contributed by atoms with Gasteiger partial charge in [0.05, 0.1) is 12.2 Å². The molecule has 2 fully saturated rings. The molecule has 2 aromatic rings. The molecule has 2 saturated carbocycles. The van der Waals surface area contributed by atoms with Gasteiger partial charge in [0.1, 0.15) is 10.6 Å². The number of nitrogens with one attached hydrogen (secondary N) is 1. The average molecular weight is 350 g/mol. The SMILES string of the molecule is Cc1noc(C)c1S(=O)(=O)NCCn1nc(C2CC2)cc1C1CC1. The number of hydrogen-bond acceptors (Lipinski definition) is 5. The molecule has 0 aromatic carbocycles. The molecule has 2 heterocycles. The lowest BCUT2D eigenvalue weighted by Gasteiger charge is -2.09. The maximum Gasteiger partial charge on any atom is 0.246 e. The zero-order valence-corrected chi connectivity index (χ0v) is 14.8. The molecule has 7 nitrogen and oxygen atoms in total. The summed E-state index contributed by atoms with van der Waals surface area (Å²) in [6.07, 6.45) is 4.86. The second-order valence-corrected chi connectivity index (χ2v) is 8.52. The molecule has 2 aromatic heterocycles. The first kappa shape index (κ1) is 15.8. The number of aryl methyl sites for hydroxylation is 2. The molecule has 0 radical (unpaired) electrons. The number of hydrogen-bond donors (Lipinski definition) is 1. The highest BCUT2D eigenvalue weighted by atomic mass is 32.2. The molecule has 0 bridgehead atoms. The van der Waals surface area contributed by atoms with Crippen molar-refractivity contribution >= 4 is 10.0 Å². The fourth-order valence-electron chi connectivity index (χ4n) is 3.13. The Morgan fingerprint density at radius 2 is 1.96 bits per heavy atom. The van der Waals surface area contributed by atoms with Crippen molar-refractivity contribution in [1.29, 1.82) is 0 Å². The van der Waals surface area contributed by atoms with Gasteiger partial charge in [-0.25, -0.2) is 13.1 Å². The van der Waals surface area contributed by atoms with Crippen molar-refractivity contribution < 1.29 is 12.9 Å². The van der Waals surface area contributed by atoms with Crippen LogP contribution < -0.4 is 4.72 Å². The van der Waals surface area contributed by atoms with E-state index in [1.165, 1.54) is 37.1 Å². The normalized spacial score (nSPS) is 18.2. The van der Waals surface area contributed by atoms with E-state index in [0.29, 0.717) is 36.4 Å². The van der Waals surface area contributed by atoms with E-state index in [-0.39, 0.29) is 4.90 Å². The van der Waals surface area contributed by atoms with Gasteiger partial charge in [-0.3, -0.25) is 4.68 Å². The van der Waals surface area contributed by atoms with Gasteiger partial charge in [-0.15, -0.1) is 0 Å². The third kappa shape index (κ3) is 3.00. The van der Waals surface area contributed by atoms with Crippen molar-refractivity contribution in [2.24, 2.45) is 0 Å². The molecule has 0 atom stereocenters. The van der Waals surface area contributed by atoms with Gasteiger partial charge < -0.3 is 4.52 Å². The van der Waals surface area contributed by atoms with Gasteiger partial charge in [-0.2, -0.15) is 5.10 Å². The monoisotopic (exact) mass is 350 g/mol. The third-order valence-corrected chi connectivity index (χ3v) is 6.38. The number of sulfonamides is 1. The summed E-state index contributed by atoms with van der Waals surface area (Å²) in [5.41, 5.74) is 2.81. The Morgan fingerprint density at radius 3 is 2.54 bits per heavy atom. The van der Waals surface area contributed by atoms with Crippen LogP contribution in [0.1, 0.15) is 60.4 Å². The summed E-state index contributed by atoms with van der Waals surface area (Å²) >= 11 is 0. The van der Waals surface area contributed by atoms with Crippen LogP contribution in [0.3, 0.4) is 0 Å². The molecule has 2 aliphatic rings. The van der Waals surface area contributed by atoms with Crippen LogP contribution in [0.4, 0.5) is 0 Å². The van der Waals surface area contributed by atoms with E-state index in [4.69, 9.17) is 9.62 Å². The number of aromatic nitrogens is 3. The molecule has 24 heavy (non-hydrogen) atoms. The van der Waals surface area contributed by atoms with Gasteiger partial charge in [0, 0.05) is 24.1 Å². The van der Waals surface area contributed by atoms with Crippen LogP contribution in [0.25, 0.3) is 0 Å². The van der Waals surface area contributed by atoms with Gasteiger partial charge in [0.25, 0.3) is 0 Å². The van der Waals surface area contributed by atoms with Gasteiger partial charge in [0.2, 0.25) is 10.0 Å². The summed E-state index contributed by atoms with van der Waals surface area (Å²) in [6.45, 7) is 4.08. The maximum absolute atomic E-state index is 12.4. The lowest BCUT2D eigenvalue weighted by molar-refractivity contribution is 0.390. The van der Waals surface area contributed by atoms with E-state index < -0.39 is 10.0 Å². The first-order valence-electron chi connectivity index (χ1n) is 8.46. The lowest BCUT2D eigenvalue weighted by atomic mass is 10.2. The smallest absolute Gasteiger partial charge is 0.246 e. The van der Waals surface area contributed by atoms with E-state index in [1.54, 1.807) is 13.8 Å². The molecule has 0 spiro atoms. The van der Waals surface area contributed by atoms with Crippen LogP contribution in [-0.2, 0) is 16.6 Å². The average Bonchev–Trinajstić information content (AvgIpc) is 3.44. The molecule has 0 unspecified atom stereocenters. The summed E-state index contributed by atoms with van der Waals surface area (Å²) in [5, 5.41) is 8.41. The quantitative estimate of drug-likeness (QED) is 0.827. The summed E-state index contributed by atoms with van der Waals surface area (Å²) in [6, 6.07) is 2.22. The molecule has 8 heteroatoms. The molecule has 0 saturated heterocycles. The minimum Gasteiger partial charge on any atom is -0.360 e. The van der Waals surface area contributed by atoms with Gasteiger partial charge in [-0.05, 0) is 45.6 Å². The molecular weight excluding hydrogens is 328 g/mol. The van der Waals surface area contributed by atoms with Crippen LogP contribution in [0, 0.1) is 13.8 Å². The van der Waals surface area contributed by atoms with E-state index >= 15 is 0 Å². The third-order valence-electron chi connectivity index (χ3n) is 4.67. The second-order valence-electron chi connectivity index (χ2n) is 6.82. The molecule has 2 aliphatic carbocycles. The van der Waals surface area contributed by atoms with Gasteiger partial charge >= 0.3 is 0 Å². The summed E-state index contributed by atoms with van der Waals surface area (Å²) in [7, 11) is -3.61. The Morgan fingerprint density at radius 1 is 1.25 bits per heavy atom. The summed E-state index contributed by atoms with van der Waals surface area (Å²) in [4.78, 5) is 0.143. The van der Waals surface area contributed by atoms with Crippen molar-refractivity contribution in [1.82, 2.24) is 19.7 Å². The van der Waals surface area contributed by atoms with Gasteiger partial charge in [-0.1, -0.05) is 5.16 Å². The van der Waals surface area contributed by atoms with Crippen molar-refractivity contribution in [3.05, 3.63) is 28.9 Å². The second kappa shape index (κ2) is 5.70. The van der Waals surface area contributed by atoms with E-state index in [9.17, 15) is 8.42 Å². The maximum atomic E-state index is 12.4. The van der Waals surface area contributed by atoms with Crippen molar-refractivity contribution in [2.45, 2.75) is 62.8 Å². The summed E-state index contributed by atoms with van der Waals surface area (Å²) in [5.74, 6) is 1.53. The lowest BCUT2D eigenvalue weighted by Crippen LogP contribution is -2.28. The molecule has 4 rings (SSSR count). The topological polar surface area (TPSA) is 90.0 Å². The largest absolute Gasteiger partial charge is 0.360 e. The van der Waals surface area contributed by atoms with Crippen LogP contribution in [-0.4, -0.2) is 29.9 Å². The fraction of sp³-hybridized carbons (Fsp3) is 0.625. The molecule has 1 N–H and O–H groups in total. The van der Waals surface area contributed by atoms with Crippen molar-refractivity contribution in [3.8, 4) is 0 Å². The highest BCUT2D eigenvalue weighted by molar-refractivity contribution is 7.89. The zero-order valence-electron chi connectivity index (χ0n) is 13.9. The zero-order chi connectivity index (χ0) is 16.9. The minimum atomic E-state index is -3.61. The van der Waals surface area contributed by atoms with E-state index in [2.05, 4.69) is 15.9 Å². The Balaban J connectivity index is 1.46. The highest BCUT2D eigenvalue weighted by Crippen LogP contribution is 2.44. The predicted molar refractivity (Wildman–Crippen MR) is 87.3 cm³/mol. The molecular formula is C16H22N4O3S. The summed E-state index contributed by atoms with van der Waals surface area (Å²) < 4.78 is 34.5.